The van der Waals surface area contributed by atoms with Crippen LogP contribution < -0.4 is 0 Å². The maximum atomic E-state index is 12.0. The molecule has 0 bridgehead atoms. The first-order valence-corrected chi connectivity index (χ1v) is 6.21. The van der Waals surface area contributed by atoms with E-state index in [0.29, 0.717) is 5.69 Å². The minimum absolute atomic E-state index is 0.109. The van der Waals surface area contributed by atoms with Crippen molar-refractivity contribution in [3.05, 3.63) is 34.3 Å². The van der Waals surface area contributed by atoms with Gasteiger partial charge >= 0.3 is 0 Å². The third kappa shape index (κ3) is 2.71. The smallest absolute Gasteiger partial charge is 0.276 e. The fraction of sp³-hybridized carbons (Fsp3) is 0.364. The van der Waals surface area contributed by atoms with E-state index in [4.69, 9.17) is 0 Å². The first-order valence-electron chi connectivity index (χ1n) is 5.34. The first-order chi connectivity index (χ1) is 8.18. The Morgan fingerprint density at radius 2 is 2.47 bits per heavy atom. The predicted octanol–water partition coefficient (Wildman–Crippen LogP) is 1.57. The van der Waals surface area contributed by atoms with E-state index in [9.17, 15) is 4.79 Å². The van der Waals surface area contributed by atoms with Crippen LogP contribution in [-0.4, -0.2) is 39.3 Å². The monoisotopic (exact) mass is 250 g/mol. The summed E-state index contributed by atoms with van der Waals surface area (Å²) in [5, 5.41) is 11.9. The number of hydrogen-bond donors (Lipinski definition) is 1. The van der Waals surface area contributed by atoms with Crippen LogP contribution in [0.3, 0.4) is 0 Å². The molecule has 0 saturated carbocycles. The Morgan fingerprint density at radius 1 is 1.65 bits per heavy atom. The summed E-state index contributed by atoms with van der Waals surface area (Å²) in [7, 11) is 1.79. The van der Waals surface area contributed by atoms with Crippen LogP contribution >= 0.6 is 11.3 Å². The van der Waals surface area contributed by atoms with Gasteiger partial charge in [0, 0.05) is 24.4 Å². The summed E-state index contributed by atoms with van der Waals surface area (Å²) >= 11 is 1.71. The molecule has 0 radical (unpaired) electrons. The van der Waals surface area contributed by atoms with Crippen LogP contribution in [0.2, 0.25) is 0 Å². The zero-order chi connectivity index (χ0) is 12.3. The van der Waals surface area contributed by atoms with Crippen LogP contribution in [0.1, 0.15) is 22.3 Å². The number of hydrogen-bond acceptors (Lipinski definition) is 4. The van der Waals surface area contributed by atoms with Gasteiger partial charge in [-0.05, 0) is 18.4 Å². The van der Waals surface area contributed by atoms with E-state index in [1.165, 1.54) is 11.1 Å². The number of aromatic amines is 1. The Balaban J connectivity index is 2.00. The number of aromatic nitrogens is 3. The lowest BCUT2D eigenvalue weighted by Crippen LogP contribution is -2.36. The summed E-state index contributed by atoms with van der Waals surface area (Å²) in [6, 6.07) is 4.24. The van der Waals surface area contributed by atoms with Gasteiger partial charge in [-0.25, -0.2) is 0 Å². The molecule has 0 saturated heterocycles. The highest BCUT2D eigenvalue weighted by atomic mass is 32.1. The molecule has 0 aliphatic carbocycles. The molecule has 2 aromatic rings. The quantitative estimate of drug-likeness (QED) is 0.896. The van der Waals surface area contributed by atoms with Gasteiger partial charge in [-0.3, -0.25) is 4.79 Å². The second-order valence-corrected chi connectivity index (χ2v) is 4.94. The molecule has 2 heterocycles. The van der Waals surface area contributed by atoms with Gasteiger partial charge in [0.05, 0.1) is 6.20 Å². The molecule has 0 fully saturated rings. The van der Waals surface area contributed by atoms with Gasteiger partial charge in [0.1, 0.15) is 0 Å². The number of carbonyl (C=O) groups excluding carboxylic acids is 1. The van der Waals surface area contributed by atoms with Gasteiger partial charge < -0.3 is 4.90 Å². The number of rotatable bonds is 4. The second-order valence-electron chi connectivity index (χ2n) is 3.90. The Hall–Kier alpha value is -1.69. The highest BCUT2D eigenvalue weighted by Crippen LogP contribution is 2.14. The molecule has 2 rings (SSSR count). The minimum Gasteiger partial charge on any atom is -0.337 e. The maximum absolute atomic E-state index is 12.0. The summed E-state index contributed by atoms with van der Waals surface area (Å²) in [6.45, 7) is 2.03. The fourth-order valence-electron chi connectivity index (χ4n) is 1.54. The van der Waals surface area contributed by atoms with Crippen molar-refractivity contribution in [1.82, 2.24) is 20.3 Å². The van der Waals surface area contributed by atoms with Crippen LogP contribution in [0.15, 0.2) is 23.7 Å². The molecule has 0 aliphatic rings. The average molecular weight is 250 g/mol. The van der Waals surface area contributed by atoms with E-state index in [1.807, 2.05) is 18.4 Å². The molecule has 90 valence electrons. The number of H-pyrrole nitrogens is 1. The molecule has 17 heavy (non-hydrogen) atoms. The zero-order valence-corrected chi connectivity index (χ0v) is 10.6. The molecule has 1 atom stereocenters. The van der Waals surface area contributed by atoms with Crippen molar-refractivity contribution in [3.8, 4) is 0 Å². The third-order valence-corrected chi connectivity index (χ3v) is 3.59. The highest BCUT2D eigenvalue weighted by molar-refractivity contribution is 7.09. The molecule has 0 spiro atoms. The van der Waals surface area contributed by atoms with Crippen molar-refractivity contribution in [2.24, 2.45) is 0 Å². The Bertz CT molecular complexity index is 466. The molecule has 1 N–H and O–H groups in total. The number of nitrogens with zero attached hydrogens (tertiary/aromatic N) is 3. The summed E-state index contributed by atoms with van der Waals surface area (Å²) in [5.74, 6) is -0.109. The molecular weight excluding hydrogens is 236 g/mol. The SMILES string of the molecule is CC(Cc1cccs1)N(C)C(=O)c1cn[nH]n1. The van der Waals surface area contributed by atoms with E-state index in [1.54, 1.807) is 23.3 Å². The molecule has 1 unspecified atom stereocenters. The van der Waals surface area contributed by atoms with E-state index in [0.717, 1.165) is 6.42 Å². The van der Waals surface area contributed by atoms with Gasteiger partial charge in [0.2, 0.25) is 0 Å². The number of likely N-dealkylation sites (N-methyl/N-ethyl adjacent to an activating group) is 1. The van der Waals surface area contributed by atoms with Gasteiger partial charge in [0.25, 0.3) is 5.91 Å². The molecule has 6 heteroatoms. The topological polar surface area (TPSA) is 61.9 Å². The predicted molar refractivity (Wildman–Crippen MR) is 66.0 cm³/mol. The lowest BCUT2D eigenvalue weighted by molar-refractivity contribution is 0.0738. The normalized spacial score (nSPS) is 12.4. The lowest BCUT2D eigenvalue weighted by atomic mass is 10.2. The van der Waals surface area contributed by atoms with Crippen LogP contribution in [0, 0.1) is 0 Å². The number of amides is 1. The lowest BCUT2D eigenvalue weighted by Gasteiger charge is -2.23. The van der Waals surface area contributed by atoms with Crippen LogP contribution in [0.25, 0.3) is 0 Å². The Kier molecular flexibility index (Phi) is 3.53. The largest absolute Gasteiger partial charge is 0.337 e. The van der Waals surface area contributed by atoms with E-state index in [-0.39, 0.29) is 11.9 Å². The van der Waals surface area contributed by atoms with Crippen LogP contribution in [0.4, 0.5) is 0 Å². The summed E-state index contributed by atoms with van der Waals surface area (Å²) in [5.41, 5.74) is 0.352. The second kappa shape index (κ2) is 5.09. The van der Waals surface area contributed by atoms with Crippen LogP contribution in [-0.2, 0) is 6.42 Å². The third-order valence-electron chi connectivity index (χ3n) is 2.69. The number of nitrogens with one attached hydrogen (secondary N) is 1. The standard InChI is InChI=1S/C11H14N4OS/c1-8(6-9-4-3-5-17-9)15(2)11(16)10-7-12-14-13-10/h3-5,7-8H,6H2,1-2H3,(H,12,13,14). The van der Waals surface area contributed by atoms with Crippen molar-refractivity contribution >= 4 is 17.2 Å². The van der Waals surface area contributed by atoms with E-state index < -0.39 is 0 Å². The Labute approximate surface area is 103 Å². The first kappa shape index (κ1) is 11.8. The molecule has 0 aliphatic heterocycles. The molecule has 1 amide bonds. The highest BCUT2D eigenvalue weighted by Gasteiger charge is 2.19. The van der Waals surface area contributed by atoms with E-state index in [2.05, 4.69) is 21.5 Å². The minimum atomic E-state index is -0.109. The van der Waals surface area contributed by atoms with Crippen molar-refractivity contribution in [1.29, 1.82) is 0 Å². The fourth-order valence-corrected chi connectivity index (χ4v) is 2.37. The molecular formula is C11H14N4OS. The van der Waals surface area contributed by atoms with Crippen molar-refractivity contribution in [3.63, 3.8) is 0 Å². The van der Waals surface area contributed by atoms with E-state index >= 15 is 0 Å². The molecule has 0 aromatic carbocycles. The van der Waals surface area contributed by atoms with Crippen molar-refractivity contribution in [2.45, 2.75) is 19.4 Å². The van der Waals surface area contributed by atoms with Gasteiger partial charge in [-0.1, -0.05) is 6.07 Å². The zero-order valence-electron chi connectivity index (χ0n) is 9.75. The molecule has 5 nitrogen and oxygen atoms in total. The number of thiophene rings is 1. The van der Waals surface area contributed by atoms with Gasteiger partial charge in [0.15, 0.2) is 5.69 Å². The van der Waals surface area contributed by atoms with Crippen molar-refractivity contribution in [2.75, 3.05) is 7.05 Å². The van der Waals surface area contributed by atoms with Crippen LogP contribution in [0.5, 0.6) is 0 Å². The Morgan fingerprint density at radius 3 is 3.06 bits per heavy atom. The molecule has 2 aromatic heterocycles. The number of carbonyl (C=O) groups is 1. The summed E-state index contributed by atoms with van der Waals surface area (Å²) < 4.78 is 0. The van der Waals surface area contributed by atoms with Crippen molar-refractivity contribution < 1.29 is 4.79 Å². The average Bonchev–Trinajstić information content (AvgIpc) is 2.99. The van der Waals surface area contributed by atoms with Gasteiger partial charge in [-0.2, -0.15) is 15.4 Å². The van der Waals surface area contributed by atoms with Gasteiger partial charge in [-0.15, -0.1) is 11.3 Å². The summed E-state index contributed by atoms with van der Waals surface area (Å²) in [6.07, 6.45) is 2.30. The maximum Gasteiger partial charge on any atom is 0.276 e. The summed E-state index contributed by atoms with van der Waals surface area (Å²) in [4.78, 5) is 14.9.